The molecule has 1 atom stereocenters. The zero-order valence-electron chi connectivity index (χ0n) is 15.5. The number of nitrogens with two attached hydrogens (primary N) is 1. The molecule has 3 heterocycles. The first-order chi connectivity index (χ1) is 14.0. The third-order valence-electron chi connectivity index (χ3n) is 4.62. The minimum Gasteiger partial charge on any atom is -0.491 e. The minimum absolute atomic E-state index is 0.0432. The molecular weight excluding hydrogens is 381 g/mol. The largest absolute Gasteiger partial charge is 0.491 e. The van der Waals surface area contributed by atoms with E-state index >= 15 is 0 Å². The van der Waals surface area contributed by atoms with Crippen LogP contribution in [0.5, 0.6) is 5.75 Å². The summed E-state index contributed by atoms with van der Waals surface area (Å²) in [5.74, 6) is -0.910. The number of aromatic nitrogens is 3. The number of benzene rings is 1. The number of primary amides is 1. The summed E-state index contributed by atoms with van der Waals surface area (Å²) >= 11 is 0. The van der Waals surface area contributed by atoms with Gasteiger partial charge in [-0.15, -0.1) is 0 Å². The Balaban J connectivity index is 1.62. The number of halogens is 1. The van der Waals surface area contributed by atoms with Crippen LogP contribution in [0.15, 0.2) is 30.5 Å². The van der Waals surface area contributed by atoms with Crippen molar-refractivity contribution >= 4 is 17.5 Å². The highest BCUT2D eigenvalue weighted by atomic mass is 19.1. The van der Waals surface area contributed by atoms with Crippen molar-refractivity contribution in [3.05, 3.63) is 58.8 Å². The first kappa shape index (κ1) is 18.8. The van der Waals surface area contributed by atoms with E-state index in [2.05, 4.69) is 15.4 Å². The Kier molecular flexibility index (Phi) is 4.85. The number of nitrogens with zero attached hydrogens (tertiary/aromatic N) is 3. The summed E-state index contributed by atoms with van der Waals surface area (Å²) in [5, 5.41) is 7.13. The number of hydrogen-bond acceptors (Lipinski definition) is 6. The highest BCUT2D eigenvalue weighted by Gasteiger charge is 2.25. The van der Waals surface area contributed by atoms with Crippen molar-refractivity contribution in [1.82, 2.24) is 19.9 Å². The van der Waals surface area contributed by atoms with Crippen molar-refractivity contribution in [3.63, 3.8) is 0 Å². The summed E-state index contributed by atoms with van der Waals surface area (Å²) < 4.78 is 25.4. The van der Waals surface area contributed by atoms with Gasteiger partial charge < -0.3 is 20.5 Å². The van der Waals surface area contributed by atoms with E-state index in [-0.39, 0.29) is 47.7 Å². The first-order valence-electron chi connectivity index (χ1n) is 8.85. The van der Waals surface area contributed by atoms with Gasteiger partial charge in [-0.05, 0) is 36.2 Å². The fraction of sp³-hybridized carbons (Fsp3) is 0.263. The number of hydrogen-bond donors (Lipinski definition) is 2. The Hall–Kier alpha value is -3.53. The monoisotopic (exact) mass is 399 g/mol. The van der Waals surface area contributed by atoms with Crippen molar-refractivity contribution in [2.24, 2.45) is 5.73 Å². The Bertz CT molecular complexity index is 1110. The van der Waals surface area contributed by atoms with Gasteiger partial charge in [-0.2, -0.15) is 5.10 Å². The SMILES string of the molecule is COCc1nn2c(C(=O)NC3COc4ccc(F)cc4C3)ccnc2c1C(N)=O. The van der Waals surface area contributed by atoms with Crippen LogP contribution in [0.3, 0.4) is 0 Å². The molecule has 150 valence electrons. The average molecular weight is 399 g/mol. The van der Waals surface area contributed by atoms with Crippen molar-refractivity contribution < 1.29 is 23.5 Å². The highest BCUT2D eigenvalue weighted by molar-refractivity contribution is 6.01. The van der Waals surface area contributed by atoms with Gasteiger partial charge >= 0.3 is 0 Å². The maximum atomic E-state index is 13.5. The van der Waals surface area contributed by atoms with Gasteiger partial charge in [0.2, 0.25) is 0 Å². The fourth-order valence-electron chi connectivity index (χ4n) is 3.37. The molecule has 1 aliphatic rings. The molecule has 3 aromatic rings. The van der Waals surface area contributed by atoms with E-state index in [4.69, 9.17) is 15.2 Å². The van der Waals surface area contributed by atoms with Gasteiger partial charge in [0.15, 0.2) is 5.65 Å². The van der Waals surface area contributed by atoms with E-state index in [1.165, 1.54) is 36.0 Å². The number of amides is 2. The van der Waals surface area contributed by atoms with Crippen LogP contribution < -0.4 is 15.8 Å². The fourth-order valence-corrected chi connectivity index (χ4v) is 3.37. The molecule has 3 N–H and O–H groups in total. The van der Waals surface area contributed by atoms with Crippen molar-refractivity contribution in [3.8, 4) is 5.75 Å². The summed E-state index contributed by atoms with van der Waals surface area (Å²) in [4.78, 5) is 28.8. The molecule has 0 radical (unpaired) electrons. The quantitative estimate of drug-likeness (QED) is 0.656. The lowest BCUT2D eigenvalue weighted by atomic mass is 10.0. The van der Waals surface area contributed by atoms with Crippen molar-refractivity contribution in [2.45, 2.75) is 19.1 Å². The molecule has 4 rings (SSSR count). The lowest BCUT2D eigenvalue weighted by Gasteiger charge is -2.26. The Morgan fingerprint density at radius 2 is 2.24 bits per heavy atom. The molecule has 0 aliphatic carbocycles. The number of fused-ring (bicyclic) bond motifs is 2. The Morgan fingerprint density at radius 1 is 1.41 bits per heavy atom. The van der Waals surface area contributed by atoms with Gasteiger partial charge in [0.05, 0.1) is 12.6 Å². The summed E-state index contributed by atoms with van der Waals surface area (Å²) in [7, 11) is 1.46. The highest BCUT2D eigenvalue weighted by Crippen LogP contribution is 2.25. The molecule has 0 bridgehead atoms. The van der Waals surface area contributed by atoms with Gasteiger partial charge in [0.25, 0.3) is 11.8 Å². The van der Waals surface area contributed by atoms with Crippen LogP contribution in [0.4, 0.5) is 4.39 Å². The number of rotatable bonds is 5. The molecule has 0 saturated carbocycles. The summed E-state index contributed by atoms with van der Waals surface area (Å²) in [6.45, 7) is 0.292. The second-order valence-corrected chi connectivity index (χ2v) is 6.62. The molecule has 1 unspecified atom stereocenters. The number of nitrogens with one attached hydrogen (secondary N) is 1. The molecule has 1 aliphatic heterocycles. The molecule has 2 amide bonds. The third kappa shape index (κ3) is 3.49. The van der Waals surface area contributed by atoms with E-state index in [0.29, 0.717) is 17.7 Å². The molecule has 0 spiro atoms. The zero-order valence-corrected chi connectivity index (χ0v) is 15.5. The number of methoxy groups -OCH3 is 1. The van der Waals surface area contributed by atoms with E-state index < -0.39 is 11.8 Å². The predicted octanol–water partition coefficient (Wildman–Crippen LogP) is 0.847. The molecule has 2 aromatic heterocycles. The lowest BCUT2D eigenvalue weighted by molar-refractivity contribution is 0.0906. The van der Waals surface area contributed by atoms with Crippen LogP contribution in [-0.2, 0) is 17.8 Å². The van der Waals surface area contributed by atoms with E-state index in [1.807, 2.05) is 0 Å². The molecule has 29 heavy (non-hydrogen) atoms. The molecule has 9 nitrogen and oxygen atoms in total. The van der Waals surface area contributed by atoms with Gasteiger partial charge in [-0.3, -0.25) is 9.59 Å². The van der Waals surface area contributed by atoms with Gasteiger partial charge in [-0.1, -0.05) is 0 Å². The molecule has 1 aromatic carbocycles. The zero-order chi connectivity index (χ0) is 20.5. The summed E-state index contributed by atoms with van der Waals surface area (Å²) in [5.41, 5.74) is 6.87. The van der Waals surface area contributed by atoms with Crippen molar-refractivity contribution in [2.75, 3.05) is 13.7 Å². The lowest BCUT2D eigenvalue weighted by Crippen LogP contribution is -2.43. The van der Waals surface area contributed by atoms with Crippen molar-refractivity contribution in [1.29, 1.82) is 0 Å². The normalized spacial score (nSPS) is 15.6. The maximum Gasteiger partial charge on any atom is 0.270 e. The van der Waals surface area contributed by atoms with E-state index in [0.717, 1.165) is 0 Å². The van der Waals surface area contributed by atoms with E-state index in [1.54, 1.807) is 6.07 Å². The summed E-state index contributed by atoms with van der Waals surface area (Å²) in [6.07, 6.45) is 1.82. The van der Waals surface area contributed by atoms with Gasteiger partial charge in [0.1, 0.15) is 35.1 Å². The van der Waals surface area contributed by atoms with E-state index in [9.17, 15) is 14.0 Å². The third-order valence-corrected chi connectivity index (χ3v) is 4.62. The smallest absolute Gasteiger partial charge is 0.270 e. The number of carbonyl (C=O) groups is 2. The topological polar surface area (TPSA) is 121 Å². The number of carbonyl (C=O) groups excluding carboxylic acids is 2. The molecule has 0 saturated heterocycles. The van der Waals surface area contributed by atoms with Crippen LogP contribution in [0.1, 0.15) is 32.1 Å². The first-order valence-corrected chi connectivity index (χ1v) is 8.85. The maximum absolute atomic E-state index is 13.5. The Morgan fingerprint density at radius 3 is 3.00 bits per heavy atom. The predicted molar refractivity (Wildman–Crippen MR) is 99.1 cm³/mol. The van der Waals surface area contributed by atoms with Gasteiger partial charge in [0, 0.05) is 13.3 Å². The second kappa shape index (κ2) is 7.47. The second-order valence-electron chi connectivity index (χ2n) is 6.62. The molecule has 0 fully saturated rings. The minimum atomic E-state index is -0.712. The van der Waals surface area contributed by atoms with Gasteiger partial charge in [-0.25, -0.2) is 13.9 Å². The van der Waals surface area contributed by atoms with Crippen LogP contribution in [0.2, 0.25) is 0 Å². The average Bonchev–Trinajstić information content (AvgIpc) is 3.06. The Labute approximate surface area is 164 Å². The number of ether oxygens (including phenoxy) is 2. The summed E-state index contributed by atoms with van der Waals surface area (Å²) in [6, 6.07) is 5.42. The van der Waals surface area contributed by atoms with Crippen LogP contribution in [-0.4, -0.2) is 46.2 Å². The van der Waals surface area contributed by atoms with Crippen LogP contribution in [0.25, 0.3) is 5.65 Å². The standard InChI is InChI=1S/C19H18FN5O4/c1-28-9-13-16(17(21)26)18-22-5-4-14(25(18)24-13)19(27)23-12-7-10-6-11(20)2-3-15(10)29-8-12/h2-6,12H,7-9H2,1H3,(H2,21,26)(H,23,27). The van der Waals surface area contributed by atoms with Crippen LogP contribution in [0, 0.1) is 5.82 Å². The van der Waals surface area contributed by atoms with Crippen LogP contribution >= 0.6 is 0 Å². The molecule has 10 heteroatoms. The molecular formula is C19H18FN5O4.